The van der Waals surface area contributed by atoms with Crippen molar-refractivity contribution in [3.05, 3.63) is 65.7 Å². The number of nitriles is 1. The summed E-state index contributed by atoms with van der Waals surface area (Å²) >= 11 is 0. The molecule has 0 aliphatic carbocycles. The smallest absolute Gasteiger partial charge is 0.229 e. The molecule has 28 heavy (non-hydrogen) atoms. The van der Waals surface area contributed by atoms with Gasteiger partial charge in [-0.15, -0.1) is 24.0 Å². The van der Waals surface area contributed by atoms with Crippen LogP contribution in [-0.2, 0) is 11.3 Å². The third kappa shape index (κ3) is 5.70. The van der Waals surface area contributed by atoms with Gasteiger partial charge in [0.05, 0.1) is 24.2 Å². The molecule has 2 N–H and O–H groups in total. The van der Waals surface area contributed by atoms with Gasteiger partial charge in [-0.25, -0.2) is 4.99 Å². The lowest BCUT2D eigenvalue weighted by Crippen LogP contribution is -2.44. The number of rotatable bonds is 5. The van der Waals surface area contributed by atoms with Crippen LogP contribution in [0, 0.1) is 11.3 Å². The molecule has 1 atom stereocenters. The van der Waals surface area contributed by atoms with E-state index in [0.29, 0.717) is 31.0 Å². The predicted molar refractivity (Wildman–Crippen MR) is 122 cm³/mol. The van der Waals surface area contributed by atoms with Crippen molar-refractivity contribution in [3.8, 4) is 6.07 Å². The van der Waals surface area contributed by atoms with E-state index in [0.717, 1.165) is 17.8 Å². The second kappa shape index (κ2) is 10.7. The van der Waals surface area contributed by atoms with Gasteiger partial charge >= 0.3 is 0 Å². The number of nitrogens with zero attached hydrogens (tertiary/aromatic N) is 3. The topological polar surface area (TPSA) is 80.5 Å². The molecule has 0 aromatic heterocycles. The van der Waals surface area contributed by atoms with E-state index in [4.69, 9.17) is 5.26 Å². The number of guanidine groups is 1. The Balaban J connectivity index is 0.00000280. The van der Waals surface area contributed by atoms with Gasteiger partial charge in [-0.2, -0.15) is 5.26 Å². The first-order valence-electron chi connectivity index (χ1n) is 9.09. The number of anilines is 1. The second-order valence-corrected chi connectivity index (χ2v) is 6.39. The zero-order chi connectivity index (χ0) is 19.1. The number of benzene rings is 2. The Morgan fingerprint density at radius 2 is 1.93 bits per heavy atom. The monoisotopic (exact) mass is 489 g/mol. The van der Waals surface area contributed by atoms with Gasteiger partial charge in [-0.1, -0.05) is 30.3 Å². The van der Waals surface area contributed by atoms with Crippen LogP contribution in [0.2, 0.25) is 0 Å². The SMILES string of the molecule is CCNC(=NCc1ccc(C#N)cc1)NC1CC(=O)N(c2ccccc2)C1.I. The molecule has 1 unspecified atom stereocenters. The quantitative estimate of drug-likeness (QED) is 0.385. The fraction of sp³-hybridized carbons (Fsp3) is 0.286. The van der Waals surface area contributed by atoms with E-state index >= 15 is 0 Å². The molecule has 1 aliphatic heterocycles. The van der Waals surface area contributed by atoms with Crippen LogP contribution in [0.1, 0.15) is 24.5 Å². The molecule has 0 saturated carbocycles. The van der Waals surface area contributed by atoms with E-state index in [-0.39, 0.29) is 35.9 Å². The van der Waals surface area contributed by atoms with E-state index in [9.17, 15) is 4.79 Å². The Kier molecular flexibility index (Phi) is 8.26. The number of hydrogen-bond acceptors (Lipinski definition) is 3. The van der Waals surface area contributed by atoms with Crippen LogP contribution < -0.4 is 15.5 Å². The van der Waals surface area contributed by atoms with Gasteiger partial charge < -0.3 is 15.5 Å². The number of carbonyl (C=O) groups excluding carboxylic acids is 1. The molecule has 2 aromatic rings. The number of carbonyl (C=O) groups is 1. The molecule has 1 fully saturated rings. The van der Waals surface area contributed by atoms with Crippen LogP contribution in [0.25, 0.3) is 0 Å². The molecule has 0 spiro atoms. The predicted octanol–water partition coefficient (Wildman–Crippen LogP) is 3.04. The van der Waals surface area contributed by atoms with Crippen molar-refractivity contribution >= 4 is 41.5 Å². The highest BCUT2D eigenvalue weighted by atomic mass is 127. The summed E-state index contributed by atoms with van der Waals surface area (Å²) in [6, 6.07) is 19.2. The summed E-state index contributed by atoms with van der Waals surface area (Å²) in [6.07, 6.45) is 0.441. The number of amides is 1. The van der Waals surface area contributed by atoms with E-state index < -0.39 is 0 Å². The van der Waals surface area contributed by atoms with Crippen LogP contribution in [0.4, 0.5) is 5.69 Å². The third-order valence-electron chi connectivity index (χ3n) is 4.38. The molecular formula is C21H24IN5O. The molecule has 2 aromatic carbocycles. The number of hydrogen-bond donors (Lipinski definition) is 2. The van der Waals surface area contributed by atoms with Crippen LogP contribution in [-0.4, -0.2) is 31.0 Å². The van der Waals surface area contributed by atoms with E-state index in [1.807, 2.05) is 54.3 Å². The van der Waals surface area contributed by atoms with Gasteiger partial charge in [0.25, 0.3) is 0 Å². The molecule has 1 saturated heterocycles. The van der Waals surface area contributed by atoms with Crippen molar-refractivity contribution in [2.24, 2.45) is 4.99 Å². The summed E-state index contributed by atoms with van der Waals surface area (Å²) in [4.78, 5) is 18.8. The van der Waals surface area contributed by atoms with Gasteiger partial charge in [0.15, 0.2) is 5.96 Å². The number of nitrogens with one attached hydrogen (secondary N) is 2. The average molecular weight is 489 g/mol. The normalized spacial score (nSPS) is 16.3. The third-order valence-corrected chi connectivity index (χ3v) is 4.38. The molecule has 1 amide bonds. The molecule has 1 heterocycles. The van der Waals surface area contributed by atoms with Crippen molar-refractivity contribution in [1.82, 2.24) is 10.6 Å². The van der Waals surface area contributed by atoms with Gasteiger partial charge in [-0.3, -0.25) is 4.79 Å². The van der Waals surface area contributed by atoms with E-state index in [1.165, 1.54) is 0 Å². The Labute approximate surface area is 182 Å². The van der Waals surface area contributed by atoms with E-state index in [2.05, 4.69) is 21.7 Å². The number of para-hydroxylation sites is 1. The Morgan fingerprint density at radius 1 is 1.21 bits per heavy atom. The maximum atomic E-state index is 12.4. The van der Waals surface area contributed by atoms with Crippen LogP contribution in [0.15, 0.2) is 59.6 Å². The summed E-state index contributed by atoms with van der Waals surface area (Å²) in [5.74, 6) is 0.802. The molecule has 6 nitrogen and oxygen atoms in total. The number of aliphatic imine (C=N–C) groups is 1. The highest BCUT2D eigenvalue weighted by Crippen LogP contribution is 2.21. The summed E-state index contributed by atoms with van der Waals surface area (Å²) in [7, 11) is 0. The molecule has 1 aliphatic rings. The second-order valence-electron chi connectivity index (χ2n) is 6.39. The first-order valence-corrected chi connectivity index (χ1v) is 9.09. The highest BCUT2D eigenvalue weighted by Gasteiger charge is 2.30. The summed E-state index contributed by atoms with van der Waals surface area (Å²) in [5.41, 5.74) is 2.59. The Morgan fingerprint density at radius 3 is 2.57 bits per heavy atom. The number of halogens is 1. The lowest BCUT2D eigenvalue weighted by molar-refractivity contribution is -0.117. The van der Waals surface area contributed by atoms with Crippen molar-refractivity contribution in [1.29, 1.82) is 5.26 Å². The van der Waals surface area contributed by atoms with Crippen LogP contribution in [0.5, 0.6) is 0 Å². The maximum absolute atomic E-state index is 12.4. The molecule has 146 valence electrons. The lowest BCUT2D eigenvalue weighted by atomic mass is 10.1. The lowest BCUT2D eigenvalue weighted by Gasteiger charge is -2.19. The van der Waals surface area contributed by atoms with Crippen molar-refractivity contribution in [3.63, 3.8) is 0 Å². The van der Waals surface area contributed by atoms with E-state index in [1.54, 1.807) is 12.1 Å². The first-order chi connectivity index (χ1) is 13.2. The standard InChI is InChI=1S/C21H23N5O.HI/c1-2-23-21(24-14-17-10-8-16(13-22)9-11-17)25-18-12-20(27)26(15-18)19-6-4-3-5-7-19;/h3-11,18H,2,12,14-15H2,1H3,(H2,23,24,25);1H. The largest absolute Gasteiger partial charge is 0.357 e. The van der Waals surface area contributed by atoms with Gasteiger partial charge in [0.2, 0.25) is 5.91 Å². The highest BCUT2D eigenvalue weighted by molar-refractivity contribution is 14.0. The molecule has 3 rings (SSSR count). The Bertz CT molecular complexity index is 845. The molecule has 0 bridgehead atoms. The van der Waals surface area contributed by atoms with Gasteiger partial charge in [-0.05, 0) is 36.8 Å². The maximum Gasteiger partial charge on any atom is 0.229 e. The minimum Gasteiger partial charge on any atom is -0.357 e. The summed E-state index contributed by atoms with van der Waals surface area (Å²) in [6.45, 7) is 3.87. The molecule has 0 radical (unpaired) electrons. The van der Waals surface area contributed by atoms with Gasteiger partial charge in [0, 0.05) is 25.2 Å². The van der Waals surface area contributed by atoms with Crippen molar-refractivity contribution < 1.29 is 4.79 Å². The van der Waals surface area contributed by atoms with Crippen LogP contribution in [0.3, 0.4) is 0 Å². The summed E-state index contributed by atoms with van der Waals surface area (Å²) < 4.78 is 0. The zero-order valence-electron chi connectivity index (χ0n) is 15.8. The molecular weight excluding hydrogens is 465 g/mol. The first kappa shape index (κ1) is 21.7. The fourth-order valence-electron chi connectivity index (χ4n) is 3.03. The van der Waals surface area contributed by atoms with Crippen molar-refractivity contribution in [2.75, 3.05) is 18.0 Å². The zero-order valence-corrected chi connectivity index (χ0v) is 18.1. The Hall–Kier alpha value is -2.60. The fourth-order valence-corrected chi connectivity index (χ4v) is 3.03. The minimum atomic E-state index is 0. The average Bonchev–Trinajstić information content (AvgIpc) is 3.07. The van der Waals surface area contributed by atoms with Crippen LogP contribution >= 0.6 is 24.0 Å². The van der Waals surface area contributed by atoms with Crippen molar-refractivity contribution in [2.45, 2.75) is 25.9 Å². The van der Waals surface area contributed by atoms with Gasteiger partial charge in [0.1, 0.15) is 0 Å². The summed E-state index contributed by atoms with van der Waals surface area (Å²) in [5, 5.41) is 15.5. The molecule has 7 heteroatoms. The minimum absolute atomic E-state index is 0.